The van der Waals surface area contributed by atoms with E-state index in [0.717, 1.165) is 20.2 Å². The molecule has 0 saturated carbocycles. The van der Waals surface area contributed by atoms with Gasteiger partial charge in [0, 0.05) is 38.2 Å². The number of fused-ring (bicyclic) bond motifs is 8. The molecule has 4 aromatic rings. The van der Waals surface area contributed by atoms with Crippen molar-refractivity contribution in [3.8, 4) is 0 Å². The second-order valence-corrected chi connectivity index (χ2v) is 12.6. The molecule has 0 spiro atoms. The minimum Gasteiger partial charge on any atom is -0.256 e. The van der Waals surface area contributed by atoms with Crippen LogP contribution in [0.25, 0.3) is 27.4 Å². The van der Waals surface area contributed by atoms with E-state index in [4.69, 9.17) is 9.18 Å². The second kappa shape index (κ2) is 8.12. The van der Waals surface area contributed by atoms with E-state index in [9.17, 15) is 21.6 Å². The first-order valence-electron chi connectivity index (χ1n) is 11.4. The lowest BCUT2D eigenvalue weighted by Gasteiger charge is -2.41. The zero-order valence-corrected chi connectivity index (χ0v) is 21.6. The van der Waals surface area contributed by atoms with Gasteiger partial charge in [0.25, 0.3) is 0 Å². The molecule has 0 N–H and O–H groups in total. The van der Waals surface area contributed by atoms with E-state index in [-0.39, 0.29) is 0 Å². The number of alkyl halides is 3. The van der Waals surface area contributed by atoms with Crippen LogP contribution < -0.4 is 9.75 Å². The van der Waals surface area contributed by atoms with Crippen molar-refractivity contribution in [2.24, 2.45) is 4.99 Å². The third kappa shape index (κ3) is 3.32. The molecule has 2 unspecified atom stereocenters. The van der Waals surface area contributed by atoms with Crippen molar-refractivity contribution in [3.63, 3.8) is 0 Å². The molecule has 2 aromatic carbocycles. The first kappa shape index (κ1) is 23.8. The molecule has 0 amide bonds. The Morgan fingerprint density at radius 2 is 1.74 bits per heavy atom. The molecule has 0 fully saturated rings. The van der Waals surface area contributed by atoms with Gasteiger partial charge in [-0.05, 0) is 18.2 Å². The van der Waals surface area contributed by atoms with Gasteiger partial charge in [-0.25, -0.2) is 9.18 Å². The van der Waals surface area contributed by atoms with E-state index in [1.54, 1.807) is 18.2 Å². The maximum absolute atomic E-state index is 13.8. The van der Waals surface area contributed by atoms with E-state index < -0.39 is 26.5 Å². The Kier molecular flexibility index (Phi) is 5.10. The molecule has 38 heavy (non-hydrogen) atoms. The number of aliphatic imine (C=N–C) groups is 1. The molecule has 7 rings (SSSR count). The number of thiophene rings is 1. The zero-order valence-electron chi connectivity index (χ0n) is 19.1. The third-order valence-electron chi connectivity index (χ3n) is 6.70. The number of pyridine rings is 1. The quantitative estimate of drug-likeness (QED) is 0.262. The number of aromatic nitrogens is 1. The van der Waals surface area contributed by atoms with Crippen LogP contribution in [0.3, 0.4) is 0 Å². The van der Waals surface area contributed by atoms with E-state index in [2.05, 4.69) is 4.98 Å². The number of hydrogen-bond acceptors (Lipinski definition) is 7. The van der Waals surface area contributed by atoms with Crippen LogP contribution in [0.5, 0.6) is 0 Å². The van der Waals surface area contributed by atoms with Crippen LogP contribution in [-0.2, 0) is 14.3 Å². The van der Waals surface area contributed by atoms with Crippen LogP contribution in [0, 0.1) is 0 Å². The molecule has 3 heterocycles. The highest BCUT2D eigenvalue weighted by molar-refractivity contribution is 8.15. The van der Waals surface area contributed by atoms with Crippen LogP contribution in [0.2, 0.25) is 0 Å². The zero-order chi connectivity index (χ0) is 26.3. The van der Waals surface area contributed by atoms with Gasteiger partial charge in [-0.15, -0.1) is 11.3 Å². The molecular weight excluding hydrogens is 554 g/mol. The highest BCUT2D eigenvalue weighted by Gasteiger charge is 2.59. The lowest BCUT2D eigenvalue weighted by Crippen LogP contribution is -2.54. The molecule has 0 saturated heterocycles. The van der Waals surface area contributed by atoms with Gasteiger partial charge in [0.1, 0.15) is 5.04 Å². The largest absolute Gasteiger partial charge is 0.523 e. The highest BCUT2D eigenvalue weighted by atomic mass is 32.2. The molecule has 2 aromatic heterocycles. The first-order chi connectivity index (χ1) is 18.2. The topological polar surface area (TPSA) is 68.6 Å². The number of nitrogens with zero attached hydrogens (tertiary/aromatic N) is 2. The fraction of sp³-hybridized carbons (Fsp3) is 0.111. The van der Waals surface area contributed by atoms with E-state index in [1.807, 2.05) is 54.6 Å². The summed E-state index contributed by atoms with van der Waals surface area (Å²) >= 11 is 2.66. The molecule has 2 aliphatic carbocycles. The highest BCUT2D eigenvalue weighted by Crippen LogP contribution is 2.52. The van der Waals surface area contributed by atoms with E-state index >= 15 is 0 Å². The summed E-state index contributed by atoms with van der Waals surface area (Å²) in [5.74, 6) is 0. The van der Waals surface area contributed by atoms with Crippen molar-refractivity contribution in [2.75, 3.05) is 0 Å². The van der Waals surface area contributed by atoms with Gasteiger partial charge in [0.15, 0.2) is 5.60 Å². The molecule has 2 atom stereocenters. The van der Waals surface area contributed by atoms with Gasteiger partial charge in [0.2, 0.25) is 0 Å². The van der Waals surface area contributed by atoms with Crippen LogP contribution >= 0.6 is 23.1 Å². The van der Waals surface area contributed by atoms with Crippen LogP contribution in [0.1, 0.15) is 16.8 Å². The van der Waals surface area contributed by atoms with Crippen LogP contribution in [0.15, 0.2) is 84.0 Å². The number of benzene rings is 2. The lowest BCUT2D eigenvalue weighted by atomic mass is 9.77. The van der Waals surface area contributed by atoms with Crippen molar-refractivity contribution in [3.05, 3.63) is 106 Å². The maximum atomic E-state index is 13.8. The second-order valence-electron chi connectivity index (χ2n) is 8.89. The molecular formula is C27H15F3N2O3S3. The van der Waals surface area contributed by atoms with Gasteiger partial charge in [-0.3, -0.25) is 4.98 Å². The fourth-order valence-electron chi connectivity index (χ4n) is 5.13. The van der Waals surface area contributed by atoms with Crippen molar-refractivity contribution < 1.29 is 25.8 Å². The smallest absolute Gasteiger partial charge is 0.256 e. The Balaban J connectivity index is 1.65. The SMILES string of the molecule is O=S(=O)(OC12C=Cc3cccnc3C1=c1c(sc3ccccc13)=C1N=C(c3ccccc3)SC12)C(F)(F)F. The van der Waals surface area contributed by atoms with Crippen LogP contribution in [-0.4, -0.2) is 34.8 Å². The molecule has 190 valence electrons. The Bertz CT molecular complexity index is 1950. The van der Waals surface area contributed by atoms with Crippen LogP contribution in [0.4, 0.5) is 13.2 Å². The fourth-order valence-corrected chi connectivity index (χ4v) is 8.53. The average molecular weight is 569 g/mol. The summed E-state index contributed by atoms with van der Waals surface area (Å²) in [5.41, 5.74) is -5.07. The molecule has 5 nitrogen and oxygen atoms in total. The molecule has 0 bridgehead atoms. The molecule has 0 radical (unpaired) electrons. The number of thioether (sulfide) groups is 1. The van der Waals surface area contributed by atoms with Gasteiger partial charge in [-0.1, -0.05) is 72.4 Å². The summed E-state index contributed by atoms with van der Waals surface area (Å²) < 4.78 is 73.8. The summed E-state index contributed by atoms with van der Waals surface area (Å²) in [6.45, 7) is 0. The Hall–Kier alpha value is -3.25. The van der Waals surface area contributed by atoms with E-state index in [0.29, 0.717) is 32.8 Å². The van der Waals surface area contributed by atoms with Crippen molar-refractivity contribution in [2.45, 2.75) is 16.4 Å². The average Bonchev–Trinajstić information content (AvgIpc) is 3.51. The van der Waals surface area contributed by atoms with Gasteiger partial charge >= 0.3 is 15.6 Å². The molecule has 11 heteroatoms. The minimum atomic E-state index is -6.01. The monoisotopic (exact) mass is 568 g/mol. The van der Waals surface area contributed by atoms with Gasteiger partial charge < -0.3 is 0 Å². The summed E-state index contributed by atoms with van der Waals surface area (Å²) in [6.07, 6.45) is 4.54. The normalized spacial score (nSPS) is 22.1. The predicted octanol–water partition coefficient (Wildman–Crippen LogP) is 4.81. The molecule has 1 aliphatic heterocycles. The maximum Gasteiger partial charge on any atom is 0.523 e. The predicted molar refractivity (Wildman–Crippen MR) is 143 cm³/mol. The van der Waals surface area contributed by atoms with Crippen molar-refractivity contribution in [1.29, 1.82) is 0 Å². The number of hydrogen-bond donors (Lipinski definition) is 0. The van der Waals surface area contributed by atoms with E-state index in [1.165, 1.54) is 35.4 Å². The van der Waals surface area contributed by atoms with Crippen molar-refractivity contribution >= 4 is 65.7 Å². The van der Waals surface area contributed by atoms with Crippen molar-refractivity contribution in [1.82, 2.24) is 4.98 Å². The standard InChI is InChI=1S/C27H15F3N2O3S3/c28-27(29,30)38(33,34)35-26-13-12-15-9-6-14-31-21(15)20(26)19-17-10-4-5-11-18(17)36-23(19)22-24(26)37-25(32-22)16-7-2-1-3-8-16/h1-14,24H. The Labute approximate surface area is 222 Å². The number of rotatable bonds is 3. The summed E-state index contributed by atoms with van der Waals surface area (Å²) in [5, 5.41) is 1.03. The minimum absolute atomic E-state index is 0.293. The lowest BCUT2D eigenvalue weighted by molar-refractivity contribution is -0.0581. The first-order valence-corrected chi connectivity index (χ1v) is 14.5. The van der Waals surface area contributed by atoms with Gasteiger partial charge in [0.05, 0.1) is 21.2 Å². The summed E-state index contributed by atoms with van der Waals surface area (Å²) in [4.78, 5) is 9.41. The molecule has 3 aliphatic rings. The number of halogens is 3. The third-order valence-corrected chi connectivity index (χ3v) is 10.3. The summed E-state index contributed by atoms with van der Waals surface area (Å²) in [6, 6.07) is 20.3. The summed E-state index contributed by atoms with van der Waals surface area (Å²) in [7, 11) is -6.01. The Morgan fingerprint density at radius 1 is 0.974 bits per heavy atom. The Morgan fingerprint density at radius 3 is 2.53 bits per heavy atom. The van der Waals surface area contributed by atoms with Gasteiger partial charge in [-0.2, -0.15) is 21.6 Å².